The summed E-state index contributed by atoms with van der Waals surface area (Å²) in [5.41, 5.74) is 3.02. The second kappa shape index (κ2) is 10.4. The van der Waals surface area contributed by atoms with Crippen LogP contribution in [0.1, 0.15) is 30.9 Å². The first-order chi connectivity index (χ1) is 14.0. The number of aryl methyl sites for hydroxylation is 1. The lowest BCUT2D eigenvalue weighted by Crippen LogP contribution is -2.29. The number of anilines is 1. The minimum absolute atomic E-state index is 0.0665. The molecule has 0 unspecified atom stereocenters. The smallest absolute Gasteiger partial charge is 0.266 e. The van der Waals surface area contributed by atoms with Crippen LogP contribution in [0, 0.1) is 3.57 Å². The Morgan fingerprint density at radius 1 is 1.17 bits per heavy atom. The molecule has 150 valence electrons. The Bertz CT molecular complexity index is 940. The van der Waals surface area contributed by atoms with Crippen LogP contribution in [0.3, 0.4) is 0 Å². The molecule has 0 atom stereocenters. The molecular weight excluding hydrogens is 515 g/mol. The fourth-order valence-corrected chi connectivity index (χ4v) is 4.52. The number of rotatable bonds is 7. The molecule has 2 aromatic rings. The van der Waals surface area contributed by atoms with Gasteiger partial charge in [-0.15, -0.1) is 0 Å². The van der Waals surface area contributed by atoms with Crippen LogP contribution in [0.4, 0.5) is 5.69 Å². The Hall–Kier alpha value is -1.71. The number of thiocarbonyl (C=S) groups is 1. The molecule has 1 fully saturated rings. The van der Waals surface area contributed by atoms with Gasteiger partial charge in [0.05, 0.1) is 4.91 Å². The zero-order valence-corrected chi connectivity index (χ0v) is 19.8. The van der Waals surface area contributed by atoms with E-state index in [0.717, 1.165) is 21.2 Å². The number of hydrogen-bond acceptors (Lipinski definition) is 4. The normalized spacial score (nSPS) is 15.2. The summed E-state index contributed by atoms with van der Waals surface area (Å²) in [4.78, 5) is 27.0. The van der Waals surface area contributed by atoms with Gasteiger partial charge in [-0.25, -0.2) is 0 Å². The quantitative estimate of drug-likeness (QED) is 0.290. The molecule has 0 bridgehead atoms. The summed E-state index contributed by atoms with van der Waals surface area (Å²) >= 11 is 8.91. The van der Waals surface area contributed by atoms with Gasteiger partial charge >= 0.3 is 0 Å². The van der Waals surface area contributed by atoms with E-state index in [9.17, 15) is 9.59 Å². The highest BCUT2D eigenvalue weighted by molar-refractivity contribution is 14.1. The van der Waals surface area contributed by atoms with E-state index in [0.29, 0.717) is 28.6 Å². The van der Waals surface area contributed by atoms with Crippen LogP contribution in [0.5, 0.6) is 0 Å². The van der Waals surface area contributed by atoms with E-state index >= 15 is 0 Å². The highest BCUT2D eigenvalue weighted by Crippen LogP contribution is 2.32. The van der Waals surface area contributed by atoms with Crippen LogP contribution in [0.2, 0.25) is 0 Å². The van der Waals surface area contributed by atoms with Crippen molar-refractivity contribution in [1.29, 1.82) is 0 Å². The van der Waals surface area contributed by atoms with Crippen molar-refractivity contribution in [3.8, 4) is 0 Å². The zero-order valence-electron chi connectivity index (χ0n) is 16.0. The first kappa shape index (κ1) is 22.0. The number of carbonyl (C=O) groups excluding carboxylic acids is 2. The molecule has 1 aliphatic rings. The number of thioether (sulfide) groups is 1. The molecule has 0 saturated carbocycles. The maximum atomic E-state index is 12.7. The lowest BCUT2D eigenvalue weighted by atomic mass is 10.1. The Morgan fingerprint density at radius 2 is 1.86 bits per heavy atom. The van der Waals surface area contributed by atoms with Crippen LogP contribution in [0.15, 0.2) is 53.4 Å². The number of hydrogen-bond donors (Lipinski definition) is 1. The van der Waals surface area contributed by atoms with Crippen molar-refractivity contribution in [2.75, 3.05) is 11.9 Å². The molecule has 1 heterocycles. The predicted octanol–water partition coefficient (Wildman–Crippen LogP) is 5.47. The number of nitrogens with one attached hydrogen (secondary N) is 1. The first-order valence-electron chi connectivity index (χ1n) is 9.36. The van der Waals surface area contributed by atoms with E-state index in [1.807, 2.05) is 42.5 Å². The summed E-state index contributed by atoms with van der Waals surface area (Å²) in [6.07, 6.45) is 3.75. The largest absolute Gasteiger partial charge is 0.326 e. The average Bonchev–Trinajstić information content (AvgIpc) is 2.97. The number of nitrogens with zero attached hydrogens (tertiary/aromatic N) is 1. The summed E-state index contributed by atoms with van der Waals surface area (Å²) in [6, 6.07) is 15.8. The fraction of sp³-hybridized carbons (Fsp3) is 0.227. The van der Waals surface area contributed by atoms with Crippen LogP contribution in [-0.4, -0.2) is 27.6 Å². The maximum absolute atomic E-state index is 12.7. The van der Waals surface area contributed by atoms with Crippen LogP contribution >= 0.6 is 46.6 Å². The minimum Gasteiger partial charge on any atom is -0.326 e. The third-order valence-electron chi connectivity index (χ3n) is 4.47. The molecule has 1 saturated heterocycles. The van der Waals surface area contributed by atoms with Crippen molar-refractivity contribution in [3.63, 3.8) is 0 Å². The molecule has 0 radical (unpaired) electrons. The highest BCUT2D eigenvalue weighted by Gasteiger charge is 2.31. The molecule has 2 amide bonds. The summed E-state index contributed by atoms with van der Waals surface area (Å²) < 4.78 is 1.66. The summed E-state index contributed by atoms with van der Waals surface area (Å²) in [7, 11) is 0. The van der Waals surface area contributed by atoms with E-state index in [-0.39, 0.29) is 11.8 Å². The molecule has 0 aliphatic carbocycles. The monoisotopic (exact) mass is 536 g/mol. The second-order valence-corrected chi connectivity index (χ2v) is 9.51. The van der Waals surface area contributed by atoms with Gasteiger partial charge in [0.1, 0.15) is 4.32 Å². The third-order valence-corrected chi connectivity index (χ3v) is 6.57. The molecule has 1 aliphatic heterocycles. The third kappa shape index (κ3) is 6.13. The van der Waals surface area contributed by atoms with Crippen molar-refractivity contribution in [2.24, 2.45) is 0 Å². The number of carbonyl (C=O) groups is 2. The van der Waals surface area contributed by atoms with Crippen molar-refractivity contribution >= 4 is 74.5 Å². The molecular formula is C22H21IN2O2S2. The number of amides is 2. The van der Waals surface area contributed by atoms with Crippen molar-refractivity contribution < 1.29 is 9.59 Å². The van der Waals surface area contributed by atoms with Crippen molar-refractivity contribution in [2.45, 2.75) is 26.2 Å². The highest BCUT2D eigenvalue weighted by atomic mass is 127. The molecule has 4 nitrogen and oxygen atoms in total. The van der Waals surface area contributed by atoms with E-state index in [1.54, 1.807) is 4.90 Å². The van der Waals surface area contributed by atoms with Gasteiger partial charge in [0.15, 0.2) is 0 Å². The Kier molecular flexibility index (Phi) is 7.85. The van der Waals surface area contributed by atoms with Gasteiger partial charge in [0, 0.05) is 22.2 Å². The Labute approximate surface area is 194 Å². The van der Waals surface area contributed by atoms with E-state index < -0.39 is 0 Å². The van der Waals surface area contributed by atoms with Crippen molar-refractivity contribution in [3.05, 3.63) is 68.1 Å². The number of halogens is 1. The molecule has 0 spiro atoms. The molecule has 7 heteroatoms. The van der Waals surface area contributed by atoms with Crippen LogP contribution < -0.4 is 5.32 Å². The standard InChI is InChI=1S/C22H21IN2O2S2/c1-2-15-5-7-16(8-6-15)14-19-21(27)25(22(28)29-19)13-3-4-20(26)24-18-11-9-17(23)10-12-18/h5-12,14H,2-4,13H2,1H3,(H,24,26)/b19-14-. The molecule has 2 aromatic carbocycles. The topological polar surface area (TPSA) is 49.4 Å². The fourth-order valence-electron chi connectivity index (χ4n) is 2.85. The lowest BCUT2D eigenvalue weighted by Gasteiger charge is -2.14. The van der Waals surface area contributed by atoms with E-state index in [1.165, 1.54) is 17.3 Å². The van der Waals surface area contributed by atoms with Crippen molar-refractivity contribution in [1.82, 2.24) is 4.90 Å². The molecule has 3 rings (SSSR count). The van der Waals surface area contributed by atoms with Gasteiger partial charge in [-0.05, 0) is 76.9 Å². The Morgan fingerprint density at radius 3 is 2.52 bits per heavy atom. The summed E-state index contributed by atoms with van der Waals surface area (Å²) in [5, 5.41) is 2.87. The number of benzene rings is 2. The molecule has 0 aromatic heterocycles. The van der Waals surface area contributed by atoms with Crippen LogP contribution in [0.25, 0.3) is 6.08 Å². The minimum atomic E-state index is -0.0855. The zero-order chi connectivity index (χ0) is 20.8. The van der Waals surface area contributed by atoms with Gasteiger partial charge in [0.25, 0.3) is 5.91 Å². The van der Waals surface area contributed by atoms with Gasteiger partial charge in [0.2, 0.25) is 5.91 Å². The van der Waals surface area contributed by atoms with Crippen LogP contribution in [-0.2, 0) is 16.0 Å². The second-order valence-electron chi connectivity index (χ2n) is 6.59. The van der Waals surface area contributed by atoms with E-state index in [2.05, 4.69) is 47.0 Å². The lowest BCUT2D eigenvalue weighted by molar-refractivity contribution is -0.122. The summed E-state index contributed by atoms with van der Waals surface area (Å²) in [6.45, 7) is 2.55. The Balaban J connectivity index is 1.52. The summed E-state index contributed by atoms with van der Waals surface area (Å²) in [5.74, 6) is -0.152. The molecule has 29 heavy (non-hydrogen) atoms. The van der Waals surface area contributed by atoms with Gasteiger partial charge in [-0.2, -0.15) is 0 Å². The first-order valence-corrected chi connectivity index (χ1v) is 11.7. The average molecular weight is 536 g/mol. The maximum Gasteiger partial charge on any atom is 0.266 e. The molecule has 1 N–H and O–H groups in total. The predicted molar refractivity (Wildman–Crippen MR) is 133 cm³/mol. The SMILES string of the molecule is CCc1ccc(/C=C2\SC(=S)N(CCCC(=O)Nc3ccc(I)cc3)C2=O)cc1. The van der Waals surface area contributed by atoms with Gasteiger partial charge in [-0.1, -0.05) is 55.2 Å². The van der Waals surface area contributed by atoms with Gasteiger partial charge < -0.3 is 5.32 Å². The van der Waals surface area contributed by atoms with Gasteiger partial charge in [-0.3, -0.25) is 14.5 Å². The van der Waals surface area contributed by atoms with E-state index in [4.69, 9.17) is 12.2 Å².